The summed E-state index contributed by atoms with van der Waals surface area (Å²) in [5.41, 5.74) is 10.7. The molecule has 1 aromatic heterocycles. The molecule has 1 aromatic carbocycles. The van der Waals surface area contributed by atoms with E-state index in [0.29, 0.717) is 12.1 Å². The first kappa shape index (κ1) is 12.5. The lowest BCUT2D eigenvalue weighted by Crippen LogP contribution is -2.18. The lowest BCUT2D eigenvalue weighted by atomic mass is 10.1. The molecule has 0 bridgehead atoms. The van der Waals surface area contributed by atoms with E-state index in [1.807, 2.05) is 31.3 Å². The van der Waals surface area contributed by atoms with E-state index in [1.54, 1.807) is 12.4 Å². The molecule has 3 rings (SSSR count). The summed E-state index contributed by atoms with van der Waals surface area (Å²) in [5.74, 6) is 0.0216. The van der Waals surface area contributed by atoms with Crippen LogP contribution in [0.1, 0.15) is 11.1 Å². The number of nitrogens with zero attached hydrogens (tertiary/aromatic N) is 2. The van der Waals surface area contributed by atoms with Gasteiger partial charge in [-0.15, -0.1) is 0 Å². The molecular formula is C15H16N4O. The Balaban J connectivity index is 1.87. The average molecular weight is 268 g/mol. The first-order valence-electron chi connectivity index (χ1n) is 6.46. The lowest BCUT2D eigenvalue weighted by molar-refractivity contribution is -0.115. The molecule has 1 aliphatic heterocycles. The van der Waals surface area contributed by atoms with Gasteiger partial charge in [-0.25, -0.2) is 0 Å². The molecule has 0 saturated carbocycles. The number of hydrogen-bond donors (Lipinski definition) is 2. The van der Waals surface area contributed by atoms with E-state index in [4.69, 9.17) is 5.73 Å². The van der Waals surface area contributed by atoms with Gasteiger partial charge < -0.3 is 16.0 Å². The van der Waals surface area contributed by atoms with Gasteiger partial charge in [0.05, 0.1) is 17.8 Å². The Bertz CT molecular complexity index is 654. The van der Waals surface area contributed by atoms with Crippen LogP contribution in [-0.4, -0.2) is 17.9 Å². The topological polar surface area (TPSA) is 71.2 Å². The number of carbonyl (C=O) groups is 1. The van der Waals surface area contributed by atoms with E-state index in [9.17, 15) is 4.79 Å². The van der Waals surface area contributed by atoms with Crippen LogP contribution >= 0.6 is 0 Å². The summed E-state index contributed by atoms with van der Waals surface area (Å²) < 4.78 is 0. The van der Waals surface area contributed by atoms with Crippen LogP contribution in [0.5, 0.6) is 0 Å². The first-order chi connectivity index (χ1) is 9.63. The van der Waals surface area contributed by atoms with Crippen LogP contribution in [0.3, 0.4) is 0 Å². The molecule has 0 spiro atoms. The van der Waals surface area contributed by atoms with Gasteiger partial charge in [-0.2, -0.15) is 0 Å². The van der Waals surface area contributed by atoms with Gasteiger partial charge in [-0.05, 0) is 35.4 Å². The molecule has 5 heteroatoms. The summed E-state index contributed by atoms with van der Waals surface area (Å²) in [4.78, 5) is 17.5. The molecule has 0 atom stereocenters. The predicted molar refractivity (Wildman–Crippen MR) is 79.5 cm³/mol. The second-order valence-electron chi connectivity index (χ2n) is 5.00. The molecule has 2 heterocycles. The SMILES string of the molecule is CN(Cc1ccncc1)c1cc2c(cc1N)CC(=O)N2. The van der Waals surface area contributed by atoms with Gasteiger partial charge in [-0.1, -0.05) is 0 Å². The fourth-order valence-corrected chi connectivity index (χ4v) is 2.46. The number of amides is 1. The quantitative estimate of drug-likeness (QED) is 0.833. The molecule has 20 heavy (non-hydrogen) atoms. The molecular weight excluding hydrogens is 252 g/mol. The van der Waals surface area contributed by atoms with Gasteiger partial charge >= 0.3 is 0 Å². The third-order valence-corrected chi connectivity index (χ3v) is 3.46. The monoisotopic (exact) mass is 268 g/mol. The summed E-state index contributed by atoms with van der Waals surface area (Å²) in [6.45, 7) is 0.736. The zero-order valence-corrected chi connectivity index (χ0v) is 11.3. The van der Waals surface area contributed by atoms with Gasteiger partial charge in [0.25, 0.3) is 0 Å². The number of anilines is 3. The van der Waals surface area contributed by atoms with E-state index >= 15 is 0 Å². The Morgan fingerprint density at radius 2 is 2.10 bits per heavy atom. The van der Waals surface area contributed by atoms with Gasteiger partial charge in [0.1, 0.15) is 0 Å². The maximum atomic E-state index is 11.4. The Labute approximate surface area is 117 Å². The average Bonchev–Trinajstić information content (AvgIpc) is 2.78. The van der Waals surface area contributed by atoms with Crippen LogP contribution < -0.4 is 16.0 Å². The number of nitrogens with two attached hydrogens (primary N) is 1. The van der Waals surface area contributed by atoms with Crippen molar-refractivity contribution in [3.63, 3.8) is 0 Å². The highest BCUT2D eigenvalue weighted by atomic mass is 16.1. The Hall–Kier alpha value is -2.56. The second-order valence-corrected chi connectivity index (χ2v) is 5.00. The number of aromatic nitrogens is 1. The lowest BCUT2D eigenvalue weighted by Gasteiger charge is -2.22. The first-order valence-corrected chi connectivity index (χ1v) is 6.46. The van der Waals surface area contributed by atoms with Gasteiger partial charge in [-0.3, -0.25) is 9.78 Å². The van der Waals surface area contributed by atoms with E-state index in [2.05, 4.69) is 15.2 Å². The highest BCUT2D eigenvalue weighted by molar-refractivity contribution is 6.00. The Morgan fingerprint density at radius 1 is 1.35 bits per heavy atom. The molecule has 0 aliphatic carbocycles. The van der Waals surface area contributed by atoms with Crippen molar-refractivity contribution >= 4 is 23.0 Å². The van der Waals surface area contributed by atoms with Crippen LogP contribution in [0, 0.1) is 0 Å². The standard InChI is InChI=1S/C15H16N4O/c1-19(9-10-2-4-17-5-3-10)14-8-13-11(6-12(14)16)7-15(20)18-13/h2-6,8H,7,9,16H2,1H3,(H,18,20). The number of hydrogen-bond acceptors (Lipinski definition) is 4. The maximum Gasteiger partial charge on any atom is 0.228 e. The van der Waals surface area contributed by atoms with Crippen molar-refractivity contribution in [1.82, 2.24) is 4.98 Å². The number of fused-ring (bicyclic) bond motifs is 1. The third kappa shape index (κ3) is 2.30. The fraction of sp³-hybridized carbons (Fsp3) is 0.200. The van der Waals surface area contributed by atoms with Gasteiger partial charge in [0.2, 0.25) is 5.91 Å². The van der Waals surface area contributed by atoms with E-state index in [0.717, 1.165) is 29.0 Å². The van der Waals surface area contributed by atoms with Crippen molar-refractivity contribution in [2.24, 2.45) is 0 Å². The van der Waals surface area contributed by atoms with Crippen LogP contribution in [-0.2, 0) is 17.8 Å². The largest absolute Gasteiger partial charge is 0.397 e. The Kier molecular flexibility index (Phi) is 3.02. The van der Waals surface area contributed by atoms with Crippen LogP contribution in [0.25, 0.3) is 0 Å². The van der Waals surface area contributed by atoms with Crippen LogP contribution in [0.15, 0.2) is 36.7 Å². The molecule has 102 valence electrons. The molecule has 2 aromatic rings. The maximum absolute atomic E-state index is 11.4. The van der Waals surface area contributed by atoms with Crippen molar-refractivity contribution in [2.45, 2.75) is 13.0 Å². The summed E-state index contributed by atoms with van der Waals surface area (Å²) in [6.07, 6.45) is 3.96. The summed E-state index contributed by atoms with van der Waals surface area (Å²) in [5, 5.41) is 2.85. The molecule has 0 radical (unpaired) electrons. The number of nitrogen functional groups attached to an aromatic ring is 1. The molecule has 0 saturated heterocycles. The van der Waals surface area contributed by atoms with Crippen molar-refractivity contribution in [1.29, 1.82) is 0 Å². The van der Waals surface area contributed by atoms with Gasteiger partial charge in [0.15, 0.2) is 0 Å². The molecule has 0 unspecified atom stereocenters. The highest BCUT2D eigenvalue weighted by Gasteiger charge is 2.20. The molecule has 0 fully saturated rings. The summed E-state index contributed by atoms with van der Waals surface area (Å²) >= 11 is 0. The molecule has 3 N–H and O–H groups in total. The number of pyridine rings is 1. The van der Waals surface area contributed by atoms with Crippen molar-refractivity contribution < 1.29 is 4.79 Å². The van der Waals surface area contributed by atoms with Crippen molar-refractivity contribution in [2.75, 3.05) is 23.0 Å². The molecule has 1 amide bonds. The minimum Gasteiger partial charge on any atom is -0.397 e. The minimum absolute atomic E-state index is 0.0216. The smallest absolute Gasteiger partial charge is 0.228 e. The number of rotatable bonds is 3. The zero-order valence-electron chi connectivity index (χ0n) is 11.3. The fourth-order valence-electron chi connectivity index (χ4n) is 2.46. The highest BCUT2D eigenvalue weighted by Crippen LogP contribution is 2.33. The number of benzene rings is 1. The molecule has 1 aliphatic rings. The summed E-state index contributed by atoms with van der Waals surface area (Å²) in [6, 6.07) is 7.77. The van der Waals surface area contributed by atoms with Gasteiger partial charge in [0, 0.05) is 31.7 Å². The third-order valence-electron chi connectivity index (χ3n) is 3.46. The number of carbonyl (C=O) groups excluding carboxylic acids is 1. The Morgan fingerprint density at radius 3 is 2.85 bits per heavy atom. The van der Waals surface area contributed by atoms with E-state index < -0.39 is 0 Å². The van der Waals surface area contributed by atoms with Crippen LogP contribution in [0.4, 0.5) is 17.1 Å². The van der Waals surface area contributed by atoms with Crippen molar-refractivity contribution in [3.05, 3.63) is 47.8 Å². The molecule has 5 nitrogen and oxygen atoms in total. The van der Waals surface area contributed by atoms with Crippen LogP contribution in [0.2, 0.25) is 0 Å². The minimum atomic E-state index is 0.0216. The zero-order chi connectivity index (χ0) is 14.1. The summed E-state index contributed by atoms with van der Waals surface area (Å²) in [7, 11) is 1.98. The van der Waals surface area contributed by atoms with E-state index in [1.165, 1.54) is 0 Å². The predicted octanol–water partition coefficient (Wildman–Crippen LogP) is 1.79. The number of nitrogens with one attached hydrogen (secondary N) is 1. The van der Waals surface area contributed by atoms with Crippen molar-refractivity contribution in [3.8, 4) is 0 Å². The normalized spacial score (nSPS) is 12.9. The van der Waals surface area contributed by atoms with E-state index in [-0.39, 0.29) is 5.91 Å². The second kappa shape index (κ2) is 4.85.